The summed E-state index contributed by atoms with van der Waals surface area (Å²) in [4.78, 5) is 25.8. The monoisotopic (exact) mass is 348 g/mol. The lowest BCUT2D eigenvalue weighted by Gasteiger charge is -2.20. The minimum Gasteiger partial charge on any atom is -0.445 e. The van der Waals surface area contributed by atoms with E-state index >= 15 is 0 Å². The van der Waals surface area contributed by atoms with Gasteiger partial charge in [-0.15, -0.1) is 0 Å². The van der Waals surface area contributed by atoms with Crippen molar-refractivity contribution in [2.75, 3.05) is 6.54 Å². The molecular weight excluding hydrogens is 320 g/mol. The molecule has 1 heterocycles. The predicted molar refractivity (Wildman–Crippen MR) is 95.2 cm³/mol. The van der Waals surface area contributed by atoms with E-state index in [1.54, 1.807) is 4.90 Å². The SMILES string of the molecule is CCCC1C(CNC(=O)OCc2ccccc2)N1C(=O)OC(C)(C)C. The molecule has 138 valence electrons. The second-order valence-electron chi connectivity index (χ2n) is 7.25. The van der Waals surface area contributed by atoms with Crippen LogP contribution in [0.1, 0.15) is 46.1 Å². The van der Waals surface area contributed by atoms with Gasteiger partial charge in [-0.1, -0.05) is 43.7 Å². The van der Waals surface area contributed by atoms with Gasteiger partial charge in [0.2, 0.25) is 0 Å². The third-order valence-electron chi connectivity index (χ3n) is 3.93. The topological polar surface area (TPSA) is 67.6 Å². The van der Waals surface area contributed by atoms with Gasteiger partial charge in [0.15, 0.2) is 0 Å². The Balaban J connectivity index is 1.78. The predicted octanol–water partition coefficient (Wildman–Crippen LogP) is 3.70. The van der Waals surface area contributed by atoms with Crippen LogP contribution < -0.4 is 5.32 Å². The zero-order valence-corrected chi connectivity index (χ0v) is 15.5. The first-order chi connectivity index (χ1) is 11.8. The van der Waals surface area contributed by atoms with E-state index in [2.05, 4.69) is 12.2 Å². The quantitative estimate of drug-likeness (QED) is 0.796. The molecule has 25 heavy (non-hydrogen) atoms. The van der Waals surface area contributed by atoms with Crippen molar-refractivity contribution in [2.45, 2.75) is 64.8 Å². The van der Waals surface area contributed by atoms with Gasteiger partial charge in [0, 0.05) is 6.54 Å². The normalized spacial score (nSPS) is 19.3. The van der Waals surface area contributed by atoms with Gasteiger partial charge < -0.3 is 14.8 Å². The number of benzene rings is 1. The van der Waals surface area contributed by atoms with Crippen molar-refractivity contribution >= 4 is 12.2 Å². The number of hydrogen-bond donors (Lipinski definition) is 1. The van der Waals surface area contributed by atoms with Gasteiger partial charge in [-0.3, -0.25) is 4.90 Å². The molecule has 0 saturated carbocycles. The van der Waals surface area contributed by atoms with E-state index in [4.69, 9.17) is 9.47 Å². The Hall–Kier alpha value is -2.24. The van der Waals surface area contributed by atoms with Crippen LogP contribution in [0.5, 0.6) is 0 Å². The molecule has 0 aromatic heterocycles. The Morgan fingerprint density at radius 3 is 2.44 bits per heavy atom. The molecule has 0 bridgehead atoms. The number of rotatable bonds is 6. The van der Waals surface area contributed by atoms with Crippen molar-refractivity contribution in [3.8, 4) is 0 Å². The summed E-state index contributed by atoms with van der Waals surface area (Å²) in [6.07, 6.45) is 1.06. The first-order valence-electron chi connectivity index (χ1n) is 8.77. The van der Waals surface area contributed by atoms with E-state index < -0.39 is 11.7 Å². The van der Waals surface area contributed by atoms with E-state index in [1.807, 2.05) is 51.1 Å². The molecule has 1 aromatic carbocycles. The lowest BCUT2D eigenvalue weighted by molar-refractivity contribution is 0.0391. The minimum atomic E-state index is -0.525. The van der Waals surface area contributed by atoms with Crippen LogP contribution in [0.3, 0.4) is 0 Å². The fourth-order valence-electron chi connectivity index (χ4n) is 2.74. The molecular formula is C19H28N2O4. The molecule has 2 rings (SSSR count). The Morgan fingerprint density at radius 1 is 1.16 bits per heavy atom. The maximum atomic E-state index is 12.2. The molecule has 1 saturated heterocycles. The van der Waals surface area contributed by atoms with Gasteiger partial charge in [0.05, 0.1) is 12.1 Å². The molecule has 0 aliphatic carbocycles. The summed E-state index contributed by atoms with van der Waals surface area (Å²) in [7, 11) is 0. The third kappa shape index (κ3) is 5.96. The van der Waals surface area contributed by atoms with Crippen LogP contribution >= 0.6 is 0 Å². The molecule has 1 aliphatic rings. The highest BCUT2D eigenvalue weighted by Gasteiger charge is 2.51. The number of carbonyl (C=O) groups is 2. The van der Waals surface area contributed by atoms with Crippen molar-refractivity contribution in [3.05, 3.63) is 35.9 Å². The summed E-state index contributed by atoms with van der Waals surface area (Å²) in [6, 6.07) is 9.60. The zero-order valence-electron chi connectivity index (χ0n) is 15.5. The zero-order chi connectivity index (χ0) is 18.4. The second kappa shape index (κ2) is 8.23. The van der Waals surface area contributed by atoms with Crippen LogP contribution in [0, 0.1) is 0 Å². The summed E-state index contributed by atoms with van der Waals surface area (Å²) in [5.74, 6) is 0. The highest BCUT2D eigenvalue weighted by Crippen LogP contribution is 2.33. The van der Waals surface area contributed by atoms with Crippen molar-refractivity contribution in [1.82, 2.24) is 10.2 Å². The van der Waals surface area contributed by atoms with Gasteiger partial charge in [0.25, 0.3) is 0 Å². The van der Waals surface area contributed by atoms with E-state index in [1.165, 1.54) is 0 Å². The van der Waals surface area contributed by atoms with Crippen LogP contribution in [-0.4, -0.2) is 41.3 Å². The molecule has 0 spiro atoms. The average molecular weight is 348 g/mol. The van der Waals surface area contributed by atoms with Crippen molar-refractivity contribution in [3.63, 3.8) is 0 Å². The fourth-order valence-corrected chi connectivity index (χ4v) is 2.74. The van der Waals surface area contributed by atoms with Gasteiger partial charge in [-0.25, -0.2) is 9.59 Å². The van der Waals surface area contributed by atoms with Gasteiger partial charge >= 0.3 is 12.2 Å². The van der Waals surface area contributed by atoms with Crippen molar-refractivity contribution < 1.29 is 19.1 Å². The number of amides is 2. The Kier molecular flexibility index (Phi) is 6.28. The van der Waals surface area contributed by atoms with Gasteiger partial charge in [-0.2, -0.15) is 0 Å². The highest BCUT2D eigenvalue weighted by atomic mass is 16.6. The summed E-state index contributed by atoms with van der Waals surface area (Å²) in [5.41, 5.74) is 0.409. The number of nitrogens with zero attached hydrogens (tertiary/aromatic N) is 1. The van der Waals surface area contributed by atoms with Crippen LogP contribution in [0.15, 0.2) is 30.3 Å². The molecule has 6 nitrogen and oxygen atoms in total. The maximum Gasteiger partial charge on any atom is 0.410 e. The lowest BCUT2D eigenvalue weighted by Crippen LogP contribution is -2.32. The van der Waals surface area contributed by atoms with Crippen molar-refractivity contribution in [1.29, 1.82) is 0 Å². The summed E-state index contributed by atoms with van der Waals surface area (Å²) in [6.45, 7) is 8.21. The van der Waals surface area contributed by atoms with E-state index in [9.17, 15) is 9.59 Å². The lowest BCUT2D eigenvalue weighted by atomic mass is 10.2. The summed E-state index contributed by atoms with van der Waals surface area (Å²) in [5, 5.41) is 2.74. The van der Waals surface area contributed by atoms with Gasteiger partial charge in [0.1, 0.15) is 12.2 Å². The molecule has 1 aromatic rings. The standard InChI is InChI=1S/C19H28N2O4/c1-5-9-15-16(21(15)18(23)25-19(2,3)4)12-20-17(22)24-13-14-10-7-6-8-11-14/h6-8,10-11,15-16H,5,9,12-13H2,1-4H3,(H,20,22). The third-order valence-corrected chi connectivity index (χ3v) is 3.93. The first kappa shape index (κ1) is 19.1. The van der Waals surface area contributed by atoms with E-state index in [-0.39, 0.29) is 24.8 Å². The van der Waals surface area contributed by atoms with E-state index in [0.29, 0.717) is 6.54 Å². The summed E-state index contributed by atoms with van der Waals surface area (Å²) >= 11 is 0. The molecule has 1 N–H and O–H groups in total. The Bertz CT molecular complexity index is 583. The van der Waals surface area contributed by atoms with Gasteiger partial charge in [-0.05, 0) is 32.8 Å². The maximum absolute atomic E-state index is 12.2. The average Bonchev–Trinajstić information content (AvgIpc) is 3.23. The molecule has 2 amide bonds. The summed E-state index contributed by atoms with van der Waals surface area (Å²) < 4.78 is 10.6. The molecule has 6 heteroatoms. The van der Waals surface area contributed by atoms with Crippen LogP contribution in [0.4, 0.5) is 9.59 Å². The highest BCUT2D eigenvalue weighted by molar-refractivity contribution is 5.73. The number of hydrogen-bond acceptors (Lipinski definition) is 4. The van der Waals surface area contributed by atoms with Crippen LogP contribution in [0.25, 0.3) is 0 Å². The number of carbonyl (C=O) groups excluding carboxylic acids is 2. The number of ether oxygens (including phenoxy) is 2. The minimum absolute atomic E-state index is 0.0286. The largest absolute Gasteiger partial charge is 0.445 e. The molecule has 1 aliphatic heterocycles. The molecule has 2 unspecified atom stereocenters. The fraction of sp³-hybridized carbons (Fsp3) is 0.579. The number of alkyl carbamates (subject to hydrolysis) is 1. The Labute approximate surface area is 149 Å². The van der Waals surface area contributed by atoms with Crippen molar-refractivity contribution in [2.24, 2.45) is 0 Å². The van der Waals surface area contributed by atoms with Crippen LogP contribution in [0.2, 0.25) is 0 Å². The number of nitrogens with one attached hydrogen (secondary N) is 1. The second-order valence-corrected chi connectivity index (χ2v) is 7.25. The smallest absolute Gasteiger partial charge is 0.410 e. The first-order valence-corrected chi connectivity index (χ1v) is 8.77. The molecule has 1 fully saturated rings. The Morgan fingerprint density at radius 2 is 1.84 bits per heavy atom. The molecule has 0 radical (unpaired) electrons. The van der Waals surface area contributed by atoms with Crippen LogP contribution in [-0.2, 0) is 16.1 Å². The molecule has 2 atom stereocenters. The van der Waals surface area contributed by atoms with E-state index in [0.717, 1.165) is 18.4 Å².